The molecule has 0 spiro atoms. The van der Waals surface area contributed by atoms with Crippen LogP contribution in [0, 0.1) is 0 Å². The number of carboxylic acid groups (broad SMARTS) is 1. The van der Waals surface area contributed by atoms with Crippen molar-refractivity contribution in [2.45, 2.75) is 25.9 Å². The van der Waals surface area contributed by atoms with Crippen LogP contribution in [0.1, 0.15) is 19.4 Å². The second-order valence-electron chi connectivity index (χ2n) is 4.64. The number of aliphatic carboxylic acids is 1. The fourth-order valence-corrected chi connectivity index (χ4v) is 1.67. The van der Waals surface area contributed by atoms with Gasteiger partial charge in [0.05, 0.1) is 0 Å². The van der Waals surface area contributed by atoms with E-state index < -0.39 is 11.5 Å². The summed E-state index contributed by atoms with van der Waals surface area (Å²) in [5, 5.41) is 13.2. The molecule has 0 atom stereocenters. The lowest BCUT2D eigenvalue weighted by atomic mass is 10.1. The zero-order valence-corrected chi connectivity index (χ0v) is 9.95. The lowest BCUT2D eigenvalue weighted by Crippen LogP contribution is -2.46. The van der Waals surface area contributed by atoms with Crippen LogP contribution in [0.5, 0.6) is 0 Å². The first-order valence-corrected chi connectivity index (χ1v) is 5.54. The normalized spacial score (nSPS) is 11.9. The van der Waals surface area contributed by atoms with Crippen molar-refractivity contribution in [2.24, 2.45) is 0 Å². The van der Waals surface area contributed by atoms with Crippen LogP contribution in [0.25, 0.3) is 10.9 Å². The summed E-state index contributed by atoms with van der Waals surface area (Å²) in [5.41, 5.74) is 1.23. The summed E-state index contributed by atoms with van der Waals surface area (Å²) in [5.74, 6) is -0.850. The molecule has 0 saturated carbocycles. The Bertz CT molecular complexity index is 543. The number of benzene rings is 1. The van der Waals surface area contributed by atoms with E-state index in [-0.39, 0.29) is 0 Å². The standard InChI is InChI=1S/C13H16N2O2/c1-13(2,12(16)17)15-8-9-7-14-11-6-4-3-5-10(9)11/h3-7,14-15H,8H2,1-2H3,(H,16,17). The van der Waals surface area contributed by atoms with Crippen LogP contribution in [-0.2, 0) is 11.3 Å². The van der Waals surface area contributed by atoms with Gasteiger partial charge in [-0.15, -0.1) is 0 Å². The molecule has 0 fully saturated rings. The van der Waals surface area contributed by atoms with E-state index in [2.05, 4.69) is 10.3 Å². The van der Waals surface area contributed by atoms with E-state index in [0.717, 1.165) is 16.5 Å². The molecule has 1 aromatic carbocycles. The van der Waals surface area contributed by atoms with E-state index in [4.69, 9.17) is 5.11 Å². The number of hydrogen-bond donors (Lipinski definition) is 3. The van der Waals surface area contributed by atoms with E-state index in [1.54, 1.807) is 13.8 Å². The van der Waals surface area contributed by atoms with Gasteiger partial charge in [-0.2, -0.15) is 0 Å². The Kier molecular flexibility index (Phi) is 2.90. The van der Waals surface area contributed by atoms with Gasteiger partial charge in [-0.3, -0.25) is 10.1 Å². The molecule has 4 heteroatoms. The van der Waals surface area contributed by atoms with Gasteiger partial charge in [0.2, 0.25) is 0 Å². The molecule has 0 unspecified atom stereocenters. The van der Waals surface area contributed by atoms with Crippen LogP contribution < -0.4 is 5.32 Å². The van der Waals surface area contributed by atoms with Crippen LogP contribution in [0.3, 0.4) is 0 Å². The first-order valence-electron chi connectivity index (χ1n) is 5.54. The Morgan fingerprint density at radius 1 is 1.41 bits per heavy atom. The topological polar surface area (TPSA) is 65.1 Å². The number of nitrogens with one attached hydrogen (secondary N) is 2. The number of rotatable bonds is 4. The molecule has 1 aromatic heterocycles. The molecule has 0 aliphatic carbocycles. The Labute approximate surface area is 99.7 Å². The Morgan fingerprint density at radius 3 is 2.82 bits per heavy atom. The lowest BCUT2D eigenvalue weighted by molar-refractivity contribution is -0.143. The van der Waals surface area contributed by atoms with Crippen molar-refractivity contribution in [3.05, 3.63) is 36.0 Å². The summed E-state index contributed by atoms with van der Waals surface area (Å²) in [7, 11) is 0. The molecule has 17 heavy (non-hydrogen) atoms. The molecule has 0 saturated heterocycles. The minimum absolute atomic E-state index is 0.531. The van der Waals surface area contributed by atoms with Gasteiger partial charge in [0, 0.05) is 23.6 Å². The van der Waals surface area contributed by atoms with Gasteiger partial charge in [-0.25, -0.2) is 0 Å². The number of aromatic amines is 1. The molecular weight excluding hydrogens is 216 g/mol. The van der Waals surface area contributed by atoms with Crippen LogP contribution in [0.2, 0.25) is 0 Å². The van der Waals surface area contributed by atoms with Crippen molar-refractivity contribution in [3.8, 4) is 0 Å². The second kappa shape index (κ2) is 4.22. The van der Waals surface area contributed by atoms with E-state index in [1.165, 1.54) is 0 Å². The summed E-state index contributed by atoms with van der Waals surface area (Å²) in [6.45, 7) is 3.84. The minimum Gasteiger partial charge on any atom is -0.480 e. The Balaban J connectivity index is 2.17. The molecular formula is C13H16N2O2. The molecule has 0 aliphatic heterocycles. The Morgan fingerprint density at radius 2 is 2.12 bits per heavy atom. The molecule has 2 rings (SSSR count). The van der Waals surface area contributed by atoms with Crippen molar-refractivity contribution < 1.29 is 9.90 Å². The van der Waals surface area contributed by atoms with Crippen LogP contribution >= 0.6 is 0 Å². The average Bonchev–Trinajstić information content (AvgIpc) is 2.69. The molecule has 0 aliphatic rings. The first-order chi connectivity index (χ1) is 8.00. The Hall–Kier alpha value is -1.81. The predicted octanol–water partition coefficient (Wildman–Crippen LogP) is 2.12. The van der Waals surface area contributed by atoms with Crippen LogP contribution in [0.15, 0.2) is 30.5 Å². The zero-order chi connectivity index (χ0) is 12.5. The number of fused-ring (bicyclic) bond motifs is 1. The fraction of sp³-hybridized carbons (Fsp3) is 0.308. The van der Waals surface area contributed by atoms with Gasteiger partial charge in [0.15, 0.2) is 0 Å². The summed E-state index contributed by atoms with van der Waals surface area (Å²) in [4.78, 5) is 14.1. The quantitative estimate of drug-likeness (QED) is 0.756. The van der Waals surface area contributed by atoms with Gasteiger partial charge >= 0.3 is 5.97 Å². The van der Waals surface area contributed by atoms with E-state index >= 15 is 0 Å². The average molecular weight is 232 g/mol. The first kappa shape index (κ1) is 11.7. The maximum Gasteiger partial charge on any atom is 0.323 e. The second-order valence-corrected chi connectivity index (χ2v) is 4.64. The maximum absolute atomic E-state index is 11.0. The molecule has 0 amide bonds. The minimum atomic E-state index is -0.918. The molecule has 0 bridgehead atoms. The number of hydrogen-bond acceptors (Lipinski definition) is 2. The SMILES string of the molecule is CC(C)(NCc1c[nH]c2ccccc12)C(=O)O. The van der Waals surface area contributed by atoms with E-state index in [0.29, 0.717) is 6.54 Å². The van der Waals surface area contributed by atoms with Crippen molar-refractivity contribution in [1.82, 2.24) is 10.3 Å². The van der Waals surface area contributed by atoms with Gasteiger partial charge < -0.3 is 10.1 Å². The highest BCUT2D eigenvalue weighted by Gasteiger charge is 2.26. The third kappa shape index (κ3) is 2.31. The number of aromatic nitrogens is 1. The van der Waals surface area contributed by atoms with Crippen molar-refractivity contribution in [2.75, 3.05) is 0 Å². The monoisotopic (exact) mass is 232 g/mol. The number of H-pyrrole nitrogens is 1. The van der Waals surface area contributed by atoms with Gasteiger partial charge in [-0.1, -0.05) is 18.2 Å². The third-order valence-electron chi connectivity index (χ3n) is 2.93. The molecule has 90 valence electrons. The molecule has 1 heterocycles. The van der Waals surface area contributed by atoms with Crippen molar-refractivity contribution in [3.63, 3.8) is 0 Å². The summed E-state index contributed by atoms with van der Waals surface area (Å²) < 4.78 is 0. The highest BCUT2D eigenvalue weighted by Crippen LogP contribution is 2.18. The number of carbonyl (C=O) groups is 1. The largest absolute Gasteiger partial charge is 0.480 e. The number of para-hydroxylation sites is 1. The fourth-order valence-electron chi connectivity index (χ4n) is 1.67. The number of carboxylic acids is 1. The predicted molar refractivity (Wildman–Crippen MR) is 66.9 cm³/mol. The smallest absolute Gasteiger partial charge is 0.323 e. The van der Waals surface area contributed by atoms with Crippen molar-refractivity contribution >= 4 is 16.9 Å². The zero-order valence-electron chi connectivity index (χ0n) is 9.95. The van der Waals surface area contributed by atoms with E-state index in [9.17, 15) is 4.79 Å². The summed E-state index contributed by atoms with van der Waals surface area (Å²) in [6.07, 6.45) is 1.91. The third-order valence-corrected chi connectivity index (χ3v) is 2.93. The lowest BCUT2D eigenvalue weighted by Gasteiger charge is -2.20. The van der Waals surface area contributed by atoms with Gasteiger partial charge in [0.1, 0.15) is 5.54 Å². The highest BCUT2D eigenvalue weighted by molar-refractivity contribution is 5.83. The molecule has 4 nitrogen and oxygen atoms in total. The van der Waals surface area contributed by atoms with Gasteiger partial charge in [0.25, 0.3) is 0 Å². The highest BCUT2D eigenvalue weighted by atomic mass is 16.4. The van der Waals surface area contributed by atoms with Crippen molar-refractivity contribution in [1.29, 1.82) is 0 Å². The molecule has 2 aromatic rings. The maximum atomic E-state index is 11.0. The van der Waals surface area contributed by atoms with E-state index in [1.807, 2.05) is 30.5 Å². The molecule has 0 radical (unpaired) electrons. The summed E-state index contributed by atoms with van der Waals surface area (Å²) in [6, 6.07) is 7.97. The van der Waals surface area contributed by atoms with Crippen LogP contribution in [-0.4, -0.2) is 21.6 Å². The summed E-state index contributed by atoms with van der Waals surface area (Å²) >= 11 is 0. The van der Waals surface area contributed by atoms with Gasteiger partial charge in [-0.05, 0) is 25.5 Å². The van der Waals surface area contributed by atoms with Crippen LogP contribution in [0.4, 0.5) is 0 Å². The molecule has 3 N–H and O–H groups in total.